The average Bonchev–Trinajstić information content (AvgIpc) is 3.95. The molecule has 0 saturated heterocycles. The predicted octanol–water partition coefficient (Wildman–Crippen LogP) is 16.2. The Morgan fingerprint density at radius 1 is 0.478 bits per heavy atom. The Hall–Kier alpha value is -8.35. The first-order chi connectivity index (χ1) is 33.4. The van der Waals surface area contributed by atoms with Gasteiger partial charge in [-0.1, -0.05) is 187 Å². The number of imidazole rings is 2. The first kappa shape index (κ1) is 42.0. The van der Waals surface area contributed by atoms with Crippen LogP contribution in [0.25, 0.3) is 111 Å². The summed E-state index contributed by atoms with van der Waals surface area (Å²) in [5.74, 6) is 0.876. The van der Waals surface area contributed by atoms with Crippen molar-refractivity contribution >= 4 is 49.4 Å². The third-order valence-corrected chi connectivity index (χ3v) is 13.7. The van der Waals surface area contributed by atoms with E-state index in [2.05, 4.69) is 233 Å². The molecule has 6 heteroatoms. The van der Waals surface area contributed by atoms with Crippen LogP contribution >= 0.6 is 0 Å². The highest BCUT2D eigenvalue weighted by atomic mass is 16.3. The van der Waals surface area contributed by atoms with Gasteiger partial charge in [-0.05, 0) is 86.5 Å². The van der Waals surface area contributed by atoms with E-state index in [4.69, 9.17) is 15.0 Å². The van der Waals surface area contributed by atoms with Crippen molar-refractivity contribution in [2.24, 2.45) is 0 Å². The van der Waals surface area contributed by atoms with E-state index in [0.717, 1.165) is 111 Å². The van der Waals surface area contributed by atoms with Gasteiger partial charge in [-0.15, -0.1) is 0 Å². The van der Waals surface area contributed by atoms with Crippen molar-refractivity contribution in [3.05, 3.63) is 205 Å². The summed E-state index contributed by atoms with van der Waals surface area (Å²) in [4.78, 5) is 16.4. The van der Waals surface area contributed by atoms with Crippen LogP contribution in [0.5, 0.6) is 5.75 Å². The number of hydrogen-bond donors (Lipinski definition) is 1. The summed E-state index contributed by atoms with van der Waals surface area (Å²) in [6, 6.07) is 66.2. The number of phenolic OH excluding ortho intramolecular Hbond substituents is 1. The minimum Gasteiger partial charge on any atom is -0.507 e. The zero-order chi connectivity index (χ0) is 47.2. The number of pyridine rings is 2. The third-order valence-electron chi connectivity index (χ3n) is 13.7. The molecule has 0 radical (unpaired) electrons. The summed E-state index contributed by atoms with van der Waals surface area (Å²) in [6.45, 7) is 13.2. The molecule has 12 aromatic rings. The van der Waals surface area contributed by atoms with Crippen LogP contribution in [0.1, 0.15) is 52.7 Å². The van der Waals surface area contributed by atoms with Crippen LogP contribution < -0.4 is 0 Å². The topological polar surface area (TPSA) is 68.2 Å². The normalized spacial score (nSPS) is 12.3. The van der Waals surface area contributed by atoms with E-state index in [1.807, 2.05) is 12.3 Å². The van der Waals surface area contributed by atoms with Gasteiger partial charge in [-0.3, -0.25) is 14.0 Å². The summed E-state index contributed by atoms with van der Waals surface area (Å²) in [6.07, 6.45) is 1.90. The van der Waals surface area contributed by atoms with E-state index in [9.17, 15) is 5.11 Å². The SMILES string of the molecule is CC(C)(C)c1cc(-c2nc3c(-c4cccc(-c5cc(-c6ccccc6)ccn5)c4)c4c(cc3n2-c2ccccc2-c2ccccc2)nc2c3ccccc3c3ccccc3n24)c(O)c(C(C)(C)C)c1. The van der Waals surface area contributed by atoms with E-state index in [1.165, 1.54) is 0 Å². The molecule has 0 saturated carbocycles. The zero-order valence-corrected chi connectivity index (χ0v) is 39.7. The van der Waals surface area contributed by atoms with Crippen LogP contribution in [0.3, 0.4) is 0 Å². The molecule has 0 bridgehead atoms. The van der Waals surface area contributed by atoms with Crippen molar-refractivity contribution < 1.29 is 5.11 Å². The number of para-hydroxylation sites is 2. The summed E-state index contributed by atoms with van der Waals surface area (Å²) in [5, 5.41) is 16.1. The number of fused-ring (bicyclic) bond motifs is 9. The Morgan fingerprint density at radius 3 is 1.88 bits per heavy atom. The minimum absolute atomic E-state index is 0.219. The quantitative estimate of drug-likeness (QED) is 0.169. The van der Waals surface area contributed by atoms with Crippen LogP contribution in [-0.4, -0.2) is 29.0 Å². The molecular formula is C63H51N5O. The van der Waals surface area contributed by atoms with Gasteiger partial charge in [0.1, 0.15) is 17.2 Å². The monoisotopic (exact) mass is 893 g/mol. The van der Waals surface area contributed by atoms with Gasteiger partial charge < -0.3 is 5.11 Å². The van der Waals surface area contributed by atoms with E-state index in [-0.39, 0.29) is 16.6 Å². The van der Waals surface area contributed by atoms with E-state index in [0.29, 0.717) is 11.4 Å². The van der Waals surface area contributed by atoms with Gasteiger partial charge in [0.2, 0.25) is 0 Å². The maximum Gasteiger partial charge on any atom is 0.149 e. The molecule has 6 nitrogen and oxygen atoms in total. The van der Waals surface area contributed by atoms with Crippen LogP contribution in [-0.2, 0) is 10.8 Å². The molecule has 0 atom stereocenters. The van der Waals surface area contributed by atoms with Crippen molar-refractivity contribution in [3.63, 3.8) is 0 Å². The van der Waals surface area contributed by atoms with Gasteiger partial charge in [0.05, 0.1) is 44.5 Å². The molecule has 0 fully saturated rings. The number of rotatable bonds is 6. The number of nitrogens with zero attached hydrogens (tertiary/aromatic N) is 5. The number of hydrogen-bond acceptors (Lipinski definition) is 4. The Labute approximate surface area is 401 Å². The second-order valence-electron chi connectivity index (χ2n) is 20.3. The van der Waals surface area contributed by atoms with Gasteiger partial charge >= 0.3 is 0 Å². The highest BCUT2D eigenvalue weighted by molar-refractivity contribution is 6.18. The molecule has 69 heavy (non-hydrogen) atoms. The van der Waals surface area contributed by atoms with Crippen molar-refractivity contribution in [2.45, 2.75) is 52.4 Å². The van der Waals surface area contributed by atoms with Gasteiger partial charge in [-0.25, -0.2) is 9.97 Å². The van der Waals surface area contributed by atoms with Gasteiger partial charge in [0, 0.05) is 39.2 Å². The van der Waals surface area contributed by atoms with Crippen molar-refractivity contribution in [1.82, 2.24) is 23.9 Å². The summed E-state index contributed by atoms with van der Waals surface area (Å²) in [5.41, 5.74) is 16.6. The molecule has 4 aromatic heterocycles. The standard InChI is InChI=1S/C63H51N5O/c1-62(2,3)44-36-49(59(69)50(37-44)63(4,5)6)61-66-57-55(67(61)53-30-17-15-26-45(53)40-22-11-8-12-23-40)38-52-58(68-54-31-18-16-28-47(54)46-27-13-14-29-48(46)60(68)65-52)56(57)43-25-19-24-42(34-43)51-35-41(32-33-64-51)39-20-9-7-10-21-39/h7-38,69H,1-6H3. The lowest BCUT2D eigenvalue weighted by Gasteiger charge is -2.27. The molecule has 12 rings (SSSR count). The number of aromatic nitrogens is 5. The van der Waals surface area contributed by atoms with Crippen LogP contribution in [0.4, 0.5) is 0 Å². The van der Waals surface area contributed by atoms with E-state index >= 15 is 0 Å². The van der Waals surface area contributed by atoms with Crippen molar-refractivity contribution in [1.29, 1.82) is 0 Å². The molecule has 0 aliphatic heterocycles. The first-order valence-corrected chi connectivity index (χ1v) is 23.7. The van der Waals surface area contributed by atoms with Crippen LogP contribution in [0.2, 0.25) is 0 Å². The lowest BCUT2D eigenvalue weighted by molar-refractivity contribution is 0.446. The second kappa shape index (κ2) is 15.9. The summed E-state index contributed by atoms with van der Waals surface area (Å²) >= 11 is 0. The summed E-state index contributed by atoms with van der Waals surface area (Å²) < 4.78 is 4.61. The summed E-state index contributed by atoms with van der Waals surface area (Å²) in [7, 11) is 0. The minimum atomic E-state index is -0.361. The molecule has 0 amide bonds. The fraction of sp³-hybridized carbons (Fsp3) is 0.127. The molecule has 8 aromatic carbocycles. The Kier molecular flexibility index (Phi) is 9.68. The Balaban J connectivity index is 1.26. The predicted molar refractivity (Wildman–Crippen MR) is 286 cm³/mol. The highest BCUT2D eigenvalue weighted by Crippen LogP contribution is 2.48. The van der Waals surface area contributed by atoms with Gasteiger partial charge in [-0.2, -0.15) is 0 Å². The average molecular weight is 894 g/mol. The third kappa shape index (κ3) is 6.97. The lowest BCUT2D eigenvalue weighted by atomic mass is 9.79. The van der Waals surface area contributed by atoms with Gasteiger partial charge in [0.25, 0.3) is 0 Å². The fourth-order valence-corrected chi connectivity index (χ4v) is 10.3. The molecule has 0 aliphatic rings. The second-order valence-corrected chi connectivity index (χ2v) is 20.3. The molecule has 4 heterocycles. The zero-order valence-electron chi connectivity index (χ0n) is 39.7. The molecule has 1 N–H and O–H groups in total. The maximum absolute atomic E-state index is 12.7. The largest absolute Gasteiger partial charge is 0.507 e. The number of aromatic hydroxyl groups is 1. The lowest BCUT2D eigenvalue weighted by Crippen LogP contribution is -2.17. The van der Waals surface area contributed by atoms with Crippen molar-refractivity contribution in [3.8, 4) is 67.5 Å². The maximum atomic E-state index is 12.7. The van der Waals surface area contributed by atoms with E-state index in [1.54, 1.807) is 0 Å². The van der Waals surface area contributed by atoms with Crippen LogP contribution in [0.15, 0.2) is 194 Å². The van der Waals surface area contributed by atoms with Crippen molar-refractivity contribution in [2.75, 3.05) is 0 Å². The molecule has 0 aliphatic carbocycles. The molecular weight excluding hydrogens is 843 g/mol. The number of phenols is 1. The molecule has 0 unspecified atom stereocenters. The highest BCUT2D eigenvalue weighted by Gasteiger charge is 2.31. The first-order valence-electron chi connectivity index (χ1n) is 23.7. The smallest absolute Gasteiger partial charge is 0.149 e. The van der Waals surface area contributed by atoms with E-state index < -0.39 is 0 Å². The molecule has 334 valence electrons. The van der Waals surface area contributed by atoms with Crippen LogP contribution in [0, 0.1) is 0 Å². The fourth-order valence-electron chi connectivity index (χ4n) is 10.3. The number of benzene rings is 8. The van der Waals surface area contributed by atoms with Gasteiger partial charge in [0.15, 0.2) is 0 Å². The Morgan fingerprint density at radius 2 is 1.13 bits per heavy atom. The molecule has 0 spiro atoms. The Bertz CT molecular complexity index is 3980.